The standard InChI is InChI=1S/C32H37N7O2.C18H20NO.C14H18N6O.CH2O3.BrH.2Na.H/c1-37(2)30(41)32(26-14-8-4-9-15-26,27-16-10-5-11-17-27)20-23-38-21-18-31(19-22-38,25-12-6-3-7-13-25)29-34-36-39(35-29)24-28(33)40;1-19(2)17-18(13-14-20-17,15-9-5-3-6-10-15)16-11-7-4-8-12-16;15-12(21)10-20-18-13(17-19-20)14(6-8-16-9-7-14)11-4-2-1-3-5-11;2-1-4-3;;;;/h3-17H,18-24H2,1-2H3,(H2,33,40);3-12H,13-14H2,1-2H3;1-5,16H,6-10H2,(H2,15,21);1,3H;1H;;;/q;+1;;;;2*+1;-1/p-2. The van der Waals surface area contributed by atoms with E-state index in [1.54, 1.807) is 4.90 Å². The Morgan fingerprint density at radius 1 is 0.640 bits per heavy atom. The summed E-state index contributed by atoms with van der Waals surface area (Å²) in [5, 5.41) is 37.4. The van der Waals surface area contributed by atoms with Crippen molar-refractivity contribution in [3.05, 3.63) is 227 Å². The summed E-state index contributed by atoms with van der Waals surface area (Å²) in [7, 11) is 7.77. The predicted octanol–water partition coefficient (Wildman–Crippen LogP) is -4.54. The minimum atomic E-state index is -0.807. The molecule has 0 atom stereocenters. The number of hydrogen-bond acceptors (Lipinski definition) is 15. The van der Waals surface area contributed by atoms with Crippen molar-refractivity contribution >= 4 is 30.1 Å². The zero-order valence-corrected chi connectivity index (χ0v) is 57.2. The van der Waals surface area contributed by atoms with Crippen molar-refractivity contribution < 1.29 is 116 Å². The number of aromatic nitrogens is 8. The van der Waals surface area contributed by atoms with Crippen molar-refractivity contribution in [2.45, 2.75) is 73.3 Å². The van der Waals surface area contributed by atoms with Crippen LogP contribution < -0.4 is 98.1 Å². The second-order valence-electron chi connectivity index (χ2n) is 21.9. The van der Waals surface area contributed by atoms with Crippen LogP contribution in [0.3, 0.4) is 0 Å². The Morgan fingerprint density at radius 2 is 1.01 bits per heavy atom. The molecule has 6 aromatic carbocycles. The normalized spacial score (nSPS) is 15.2. The van der Waals surface area contributed by atoms with Gasteiger partial charge in [0, 0.05) is 20.5 Å². The van der Waals surface area contributed by atoms with E-state index < -0.39 is 22.6 Å². The third-order valence-electron chi connectivity index (χ3n) is 16.3. The molecule has 3 aliphatic rings. The molecule has 3 fully saturated rings. The van der Waals surface area contributed by atoms with Crippen LogP contribution >= 0.6 is 0 Å². The number of rotatable bonds is 17. The van der Waals surface area contributed by atoms with Gasteiger partial charge < -0.3 is 59.9 Å². The molecule has 0 spiro atoms. The molecule has 3 amide bonds. The van der Waals surface area contributed by atoms with E-state index >= 15 is 0 Å². The number of tetrazole rings is 2. The number of ether oxygens (including phenoxy) is 1. The van der Waals surface area contributed by atoms with Gasteiger partial charge in [0.2, 0.25) is 17.7 Å². The summed E-state index contributed by atoms with van der Waals surface area (Å²) in [4.78, 5) is 54.4. The maximum Gasteiger partial charge on any atom is 1.00 e. The van der Waals surface area contributed by atoms with Crippen LogP contribution in [0.25, 0.3) is 0 Å². The smallest absolute Gasteiger partial charge is 1.00 e. The second-order valence-corrected chi connectivity index (χ2v) is 21.9. The fourth-order valence-corrected chi connectivity index (χ4v) is 12.2. The van der Waals surface area contributed by atoms with Crippen LogP contribution in [0.2, 0.25) is 0 Å². The average molecular weight is 1290 g/mol. The van der Waals surface area contributed by atoms with Crippen molar-refractivity contribution in [1.82, 2.24) is 55.5 Å². The molecule has 0 aliphatic carbocycles. The van der Waals surface area contributed by atoms with Crippen molar-refractivity contribution in [3.8, 4) is 0 Å². The summed E-state index contributed by atoms with van der Waals surface area (Å²) in [6, 6.07) is 62.1. The van der Waals surface area contributed by atoms with Crippen LogP contribution in [0.1, 0.15) is 85.0 Å². The maximum absolute atomic E-state index is 14.0. The van der Waals surface area contributed by atoms with E-state index in [0.29, 0.717) is 18.1 Å². The predicted molar refractivity (Wildman–Crippen MR) is 323 cm³/mol. The topological polar surface area (TPSA) is 271 Å². The van der Waals surface area contributed by atoms with Crippen LogP contribution in [0, 0.1) is 0 Å². The monoisotopic (exact) mass is 1290 g/mol. The van der Waals surface area contributed by atoms with Crippen LogP contribution in [-0.2, 0) is 63.6 Å². The molecule has 0 saturated carbocycles. The van der Waals surface area contributed by atoms with Crippen molar-refractivity contribution in [3.63, 3.8) is 0 Å². The molecule has 0 unspecified atom stereocenters. The first-order valence-electron chi connectivity index (χ1n) is 28.7. The first-order chi connectivity index (χ1) is 41.7. The molecule has 2 aromatic heterocycles. The molecule has 11 rings (SSSR count). The van der Waals surface area contributed by atoms with Gasteiger partial charge in [-0.1, -0.05) is 182 Å². The molecule has 0 bridgehead atoms. The van der Waals surface area contributed by atoms with Crippen LogP contribution in [0.4, 0.5) is 0 Å². The molecule has 0 radical (unpaired) electrons. The molecule has 458 valence electrons. The number of piperidine rings is 2. The quantitative estimate of drug-likeness (QED) is 0.0255. The minimum absolute atomic E-state index is 0. The third-order valence-corrected chi connectivity index (χ3v) is 16.3. The van der Waals surface area contributed by atoms with Gasteiger partial charge in [0.05, 0.1) is 17.4 Å². The Balaban J connectivity index is 0.000000298. The number of carbonyl (C=O) groups excluding carboxylic acids is 4. The van der Waals surface area contributed by atoms with Gasteiger partial charge in [0.15, 0.2) is 11.6 Å². The Hall–Kier alpha value is -6.83. The number of amides is 3. The molecule has 8 aromatic rings. The van der Waals surface area contributed by atoms with Gasteiger partial charge in [-0.2, -0.15) is 9.59 Å². The number of likely N-dealkylation sites (tertiary alicyclic amines) is 1. The zero-order valence-electron chi connectivity index (χ0n) is 52.6. The summed E-state index contributed by atoms with van der Waals surface area (Å²) in [5.74, 6) is 1.39. The van der Waals surface area contributed by atoms with Crippen molar-refractivity contribution in [2.75, 3.05) is 67.5 Å². The Bertz CT molecular complexity index is 3390. The fourth-order valence-electron chi connectivity index (χ4n) is 12.2. The van der Waals surface area contributed by atoms with E-state index in [0.717, 1.165) is 94.0 Å². The Kier molecular flexibility index (Phi) is 28.6. The van der Waals surface area contributed by atoms with E-state index in [2.05, 4.69) is 174 Å². The second kappa shape index (κ2) is 35.0. The van der Waals surface area contributed by atoms with Gasteiger partial charge >= 0.3 is 65.0 Å². The van der Waals surface area contributed by atoms with E-state index in [-0.39, 0.29) is 114 Å². The molecule has 3 saturated heterocycles. The molecular formula is C65H77BrN14Na2O7. The third kappa shape index (κ3) is 17.4. The van der Waals surface area contributed by atoms with Crippen LogP contribution in [-0.4, -0.2) is 152 Å². The SMILES string of the molecule is CN(C)C(=O)C(CCN1CCC(c2ccccc2)(c2nnn(CC(N)=O)n2)CC1)(c1ccccc1)c1ccccc1.C[N+](C)=C1OCCC1(c1ccccc1)c1ccccc1.NC(=O)Cn1nnc(C2(c3ccccc3)CCNCC2)n1.O=CO[O-].[Br-].[H-].[Na+].[Na+]. The van der Waals surface area contributed by atoms with Gasteiger partial charge in [-0.3, -0.25) is 19.2 Å². The average Bonchev–Trinajstić information content (AvgIpc) is 1.94. The number of primary amides is 2. The summed E-state index contributed by atoms with van der Waals surface area (Å²) >= 11 is 0. The number of carbonyl (C=O) groups is 4. The maximum atomic E-state index is 14.0. The molecule has 24 heteroatoms. The number of nitrogens with two attached hydrogens (primary N) is 2. The number of hydrogen-bond donors (Lipinski definition) is 3. The number of likely N-dealkylation sites (N-methyl/N-ethyl adjacent to an activating group) is 1. The summed E-state index contributed by atoms with van der Waals surface area (Å²) in [6.07, 6.45) is 4.99. The van der Waals surface area contributed by atoms with E-state index in [4.69, 9.17) is 26.3 Å². The summed E-state index contributed by atoms with van der Waals surface area (Å²) < 4.78 is 8.09. The molecule has 5 heterocycles. The number of halogens is 1. The van der Waals surface area contributed by atoms with E-state index in [9.17, 15) is 14.4 Å². The number of nitrogens with one attached hydrogen (secondary N) is 1. The largest absolute Gasteiger partial charge is 1.00 e. The van der Waals surface area contributed by atoms with Gasteiger partial charge in [-0.15, -0.1) is 20.4 Å². The molecule has 89 heavy (non-hydrogen) atoms. The van der Waals surface area contributed by atoms with Crippen LogP contribution in [0.15, 0.2) is 182 Å². The first-order valence-corrected chi connectivity index (χ1v) is 28.7. The molecular weight excluding hydrogens is 1210 g/mol. The van der Waals surface area contributed by atoms with E-state index in [1.807, 2.05) is 86.9 Å². The Labute approximate surface area is 576 Å². The van der Waals surface area contributed by atoms with Crippen molar-refractivity contribution in [1.29, 1.82) is 0 Å². The summed E-state index contributed by atoms with van der Waals surface area (Å²) in [6.45, 7) is 4.58. The van der Waals surface area contributed by atoms with E-state index in [1.165, 1.54) is 26.3 Å². The number of benzene rings is 6. The number of nitrogens with zero attached hydrogens (tertiary/aromatic N) is 11. The van der Waals surface area contributed by atoms with Gasteiger partial charge in [0.25, 0.3) is 6.47 Å². The van der Waals surface area contributed by atoms with Gasteiger partial charge in [-0.25, -0.2) is 4.58 Å². The fraction of sp³-hybridized carbons (Fsp3) is 0.338. The molecule has 5 N–H and O–H groups in total. The van der Waals surface area contributed by atoms with Gasteiger partial charge in [-0.05, 0) is 109 Å². The van der Waals surface area contributed by atoms with Crippen LogP contribution in [0.5, 0.6) is 0 Å². The first kappa shape index (κ1) is 72.9. The molecule has 3 aliphatic heterocycles. The minimum Gasteiger partial charge on any atom is -1.00 e. The molecule has 21 nitrogen and oxygen atoms in total. The van der Waals surface area contributed by atoms with Gasteiger partial charge in [0.1, 0.15) is 38.0 Å². The zero-order chi connectivity index (χ0) is 61.0. The Morgan fingerprint density at radius 3 is 1.37 bits per heavy atom. The van der Waals surface area contributed by atoms with Crippen molar-refractivity contribution in [2.24, 2.45) is 11.5 Å². The summed E-state index contributed by atoms with van der Waals surface area (Å²) in [5.41, 5.74) is 15.8.